The van der Waals surface area contributed by atoms with Crippen molar-refractivity contribution in [3.05, 3.63) is 68.8 Å². The number of aromatic nitrogens is 5. The van der Waals surface area contributed by atoms with E-state index in [0.29, 0.717) is 62.3 Å². The highest BCUT2D eigenvalue weighted by atomic mass is 16.7. The molecule has 21 nitrogen and oxygen atoms in total. The number of hydrogen-bond donors (Lipinski definition) is 5. The first-order valence-corrected chi connectivity index (χ1v) is 25.3. The molecule has 0 saturated heterocycles. The Bertz CT molecular complexity index is 2720. The Morgan fingerprint density at radius 3 is 2.42 bits per heavy atom. The highest BCUT2D eigenvalue weighted by Crippen LogP contribution is 2.42. The van der Waals surface area contributed by atoms with E-state index in [2.05, 4.69) is 40.1 Å². The Hall–Kier alpha value is -6.45. The molecule has 0 fully saturated rings. The van der Waals surface area contributed by atoms with Crippen LogP contribution in [0.2, 0.25) is 0 Å². The van der Waals surface area contributed by atoms with Gasteiger partial charge in [0, 0.05) is 41.4 Å². The summed E-state index contributed by atoms with van der Waals surface area (Å²) in [5, 5.41) is 27.7. The molecule has 3 aromatic heterocycles. The van der Waals surface area contributed by atoms with Gasteiger partial charge in [-0.25, -0.2) is 14.6 Å². The van der Waals surface area contributed by atoms with Gasteiger partial charge in [0.05, 0.1) is 46.3 Å². The largest absolute Gasteiger partial charge is 0.509 e. The summed E-state index contributed by atoms with van der Waals surface area (Å²) >= 11 is 0. The van der Waals surface area contributed by atoms with Crippen LogP contribution < -0.4 is 27.2 Å². The second-order valence-electron chi connectivity index (χ2n) is 20.2. The molecule has 21 heteroatoms. The summed E-state index contributed by atoms with van der Waals surface area (Å²) in [6.07, 6.45) is 4.53. The molecule has 2 aliphatic heterocycles. The van der Waals surface area contributed by atoms with E-state index in [0.717, 1.165) is 35.0 Å². The molecule has 6 rings (SSSR count). The number of nitrogens with two attached hydrogens (primary N) is 1. The number of carbonyl (C=O) groups excluding carboxylic acids is 5. The molecule has 4 atom stereocenters. The molecule has 0 bridgehead atoms. The highest BCUT2D eigenvalue weighted by Gasteiger charge is 2.51. The molecule has 398 valence electrons. The van der Waals surface area contributed by atoms with E-state index in [1.165, 1.54) is 0 Å². The van der Waals surface area contributed by atoms with Gasteiger partial charge in [-0.15, -0.1) is 5.10 Å². The summed E-state index contributed by atoms with van der Waals surface area (Å²) in [6, 6.07) is 4.76. The van der Waals surface area contributed by atoms with Crippen molar-refractivity contribution < 1.29 is 52.8 Å². The Kier molecular flexibility index (Phi) is 18.4. The van der Waals surface area contributed by atoms with Gasteiger partial charge in [0.15, 0.2) is 0 Å². The number of benzene rings is 1. The van der Waals surface area contributed by atoms with Crippen molar-refractivity contribution in [2.24, 2.45) is 11.7 Å². The molecule has 6 N–H and O–H groups in total. The maximum Gasteiger partial charge on any atom is 0.509 e. The lowest BCUT2D eigenvalue weighted by atomic mass is 9.85. The van der Waals surface area contributed by atoms with Crippen LogP contribution in [0.1, 0.15) is 128 Å². The first-order valence-electron chi connectivity index (χ1n) is 25.3. The zero-order chi connectivity index (χ0) is 53.3. The minimum absolute atomic E-state index is 0.0933. The van der Waals surface area contributed by atoms with Crippen molar-refractivity contribution in [3.8, 4) is 17.1 Å². The summed E-state index contributed by atoms with van der Waals surface area (Å²) in [5.41, 5.74) is 6.75. The van der Waals surface area contributed by atoms with Crippen molar-refractivity contribution in [3.63, 3.8) is 0 Å². The summed E-state index contributed by atoms with van der Waals surface area (Å²) < 4.78 is 32.1. The van der Waals surface area contributed by atoms with E-state index in [1.807, 2.05) is 33.9 Å². The molecule has 0 radical (unpaired) electrons. The monoisotopic (exact) mass is 1020 g/mol. The predicted octanol–water partition coefficient (Wildman–Crippen LogP) is 4.74. The van der Waals surface area contributed by atoms with Gasteiger partial charge in [-0.05, 0) is 121 Å². The van der Waals surface area contributed by atoms with Crippen LogP contribution in [0.5, 0.6) is 5.75 Å². The number of ether oxygens (including phenoxy) is 5. The Balaban J connectivity index is 1.03. The quantitative estimate of drug-likeness (QED) is 0.0370. The molecule has 1 aromatic carbocycles. The third-order valence-corrected chi connectivity index (χ3v) is 13.9. The predicted molar refractivity (Wildman–Crippen MR) is 269 cm³/mol. The van der Waals surface area contributed by atoms with E-state index in [4.69, 9.17) is 34.4 Å². The number of cyclic esters (lactones) is 1. The van der Waals surface area contributed by atoms with E-state index in [1.54, 1.807) is 54.3 Å². The molecule has 0 saturated carbocycles. The standard InChI is InChI=1S/C52H73N9O12/c1-10-34-35-23-33(62)16-17-39(35)55-45-36(34)26-61-42(45)24-38-37(47(61)66)27-70-48(67)52(38,12-3)73-49(68)71-28-41(31(4)5)56-46(65)40(15-13-14-20-53)54-43(63)29-69-30-44(64)57-50(7,8)19-22-72-51(9,11-2)18-21-60-25-32(6)58-59-60/h16-17,23-25,31,40-41,62H,10-15,18-22,26-30,53H2,1-9H3,(H,54,63)(H,56,65)(H,57,64). The lowest BCUT2D eigenvalue weighted by Crippen LogP contribution is -2.53. The second kappa shape index (κ2) is 24.1. The fourth-order valence-electron chi connectivity index (χ4n) is 9.19. The fraction of sp³-hybridized carbons (Fsp3) is 0.596. The van der Waals surface area contributed by atoms with Crippen LogP contribution in [0.3, 0.4) is 0 Å². The van der Waals surface area contributed by atoms with Crippen LogP contribution in [0.25, 0.3) is 22.3 Å². The summed E-state index contributed by atoms with van der Waals surface area (Å²) in [5.74, 6) is -2.67. The van der Waals surface area contributed by atoms with Gasteiger partial charge in [0.25, 0.3) is 5.56 Å². The van der Waals surface area contributed by atoms with Crippen LogP contribution in [0, 0.1) is 12.8 Å². The molecule has 4 unspecified atom stereocenters. The SMILES string of the molecule is CCc1c2c(nc3ccc(O)cc13)-c1cc3c(c(=O)n1C2)COC(=O)C3(CC)OC(=O)OCC(NC(=O)C(CCCCN)NC(=O)COCC(=O)NC(C)(C)CCOC(C)(CC)CCn1cc(C)nn1)C(C)C. The van der Waals surface area contributed by atoms with Gasteiger partial charge in [-0.2, -0.15) is 0 Å². The van der Waals surface area contributed by atoms with Gasteiger partial charge in [-0.1, -0.05) is 39.8 Å². The summed E-state index contributed by atoms with van der Waals surface area (Å²) in [7, 11) is 0. The number of phenols is 1. The van der Waals surface area contributed by atoms with E-state index in [9.17, 15) is 33.9 Å². The number of rotatable bonds is 26. The number of pyridine rings is 2. The van der Waals surface area contributed by atoms with Gasteiger partial charge in [-0.3, -0.25) is 23.9 Å². The topological polar surface area (TPSA) is 279 Å². The summed E-state index contributed by atoms with van der Waals surface area (Å²) in [6.45, 7) is 17.0. The van der Waals surface area contributed by atoms with Crippen molar-refractivity contribution in [2.75, 3.05) is 33.0 Å². The molecular weight excluding hydrogens is 943 g/mol. The van der Waals surface area contributed by atoms with E-state index in [-0.39, 0.29) is 55.4 Å². The van der Waals surface area contributed by atoms with Gasteiger partial charge < -0.3 is 55.0 Å². The van der Waals surface area contributed by atoms with Crippen molar-refractivity contribution >= 4 is 40.7 Å². The van der Waals surface area contributed by atoms with E-state index >= 15 is 0 Å². The van der Waals surface area contributed by atoms with Gasteiger partial charge >= 0.3 is 12.1 Å². The zero-order valence-corrected chi connectivity index (χ0v) is 43.7. The second-order valence-corrected chi connectivity index (χ2v) is 20.2. The number of unbranched alkanes of at least 4 members (excludes halogenated alkanes) is 1. The first-order chi connectivity index (χ1) is 34.7. The highest BCUT2D eigenvalue weighted by molar-refractivity contribution is 5.91. The molecule has 73 heavy (non-hydrogen) atoms. The van der Waals surface area contributed by atoms with Crippen molar-refractivity contribution in [2.45, 2.75) is 162 Å². The number of nitrogens with zero attached hydrogens (tertiary/aromatic N) is 5. The molecule has 3 amide bonds. The normalized spacial score (nSPS) is 16.7. The Morgan fingerprint density at radius 2 is 1.75 bits per heavy atom. The first kappa shape index (κ1) is 55.9. The number of amides is 3. The van der Waals surface area contributed by atoms with Crippen LogP contribution in [0.15, 0.2) is 35.3 Å². The number of hydrogen-bond acceptors (Lipinski definition) is 16. The molecule has 4 aromatic rings. The lowest BCUT2D eigenvalue weighted by molar-refractivity contribution is -0.175. The summed E-state index contributed by atoms with van der Waals surface area (Å²) in [4.78, 5) is 86.3. The fourth-order valence-corrected chi connectivity index (χ4v) is 9.19. The number of phenolic OH excluding ortho intramolecular Hbond substituents is 1. The number of carbonyl (C=O) groups is 5. The Morgan fingerprint density at radius 1 is 1.00 bits per heavy atom. The maximum absolute atomic E-state index is 14.2. The van der Waals surface area contributed by atoms with E-state index < -0.39 is 77.4 Å². The van der Waals surface area contributed by atoms with Gasteiger partial charge in [0.1, 0.15) is 38.2 Å². The van der Waals surface area contributed by atoms with Crippen LogP contribution in [0.4, 0.5) is 4.79 Å². The number of fused-ring (bicyclic) bond motifs is 5. The Labute approximate surface area is 425 Å². The minimum atomic E-state index is -2.04. The van der Waals surface area contributed by atoms with Crippen molar-refractivity contribution in [1.29, 1.82) is 0 Å². The number of esters is 1. The lowest BCUT2D eigenvalue weighted by Gasteiger charge is -2.35. The van der Waals surface area contributed by atoms with Crippen molar-refractivity contribution in [1.82, 2.24) is 40.5 Å². The molecule has 0 spiro atoms. The van der Waals surface area contributed by atoms with Crippen LogP contribution >= 0.6 is 0 Å². The van der Waals surface area contributed by atoms with Crippen LogP contribution in [-0.2, 0) is 74.6 Å². The average molecular weight is 1020 g/mol. The zero-order valence-electron chi connectivity index (χ0n) is 43.7. The van der Waals surface area contributed by atoms with Gasteiger partial charge in [0.2, 0.25) is 23.3 Å². The molecular formula is C52H73N9O12. The molecule has 5 heterocycles. The molecule has 2 aliphatic rings. The third-order valence-electron chi connectivity index (χ3n) is 13.9. The number of nitrogens with one attached hydrogen (secondary N) is 3. The smallest absolute Gasteiger partial charge is 0.508 e. The minimum Gasteiger partial charge on any atom is -0.508 e. The third kappa shape index (κ3) is 13.4. The number of aryl methyl sites for hydroxylation is 3. The van der Waals surface area contributed by atoms with Crippen LogP contribution in [-0.4, -0.2) is 116 Å². The molecule has 0 aliphatic carbocycles. The average Bonchev–Trinajstić information content (AvgIpc) is 3.94. The maximum atomic E-state index is 14.2. The number of aromatic hydroxyl groups is 1.